The van der Waals surface area contributed by atoms with Crippen LogP contribution >= 0.6 is 0 Å². The Labute approximate surface area is 100 Å². The Balaban J connectivity index is 2.10. The van der Waals surface area contributed by atoms with E-state index in [4.69, 9.17) is 4.74 Å². The van der Waals surface area contributed by atoms with E-state index in [0.717, 1.165) is 24.2 Å². The number of fused-ring (bicyclic) bond motifs is 2. The van der Waals surface area contributed by atoms with Crippen molar-refractivity contribution in [2.45, 2.75) is 32.1 Å². The summed E-state index contributed by atoms with van der Waals surface area (Å²) in [7, 11) is 0. The molecule has 1 aliphatic carbocycles. The van der Waals surface area contributed by atoms with Crippen molar-refractivity contribution in [2.24, 2.45) is 5.92 Å². The van der Waals surface area contributed by atoms with Crippen molar-refractivity contribution in [1.82, 2.24) is 0 Å². The van der Waals surface area contributed by atoms with Gasteiger partial charge in [-0.25, -0.2) is 0 Å². The van der Waals surface area contributed by atoms with Crippen LogP contribution in [0.4, 0.5) is 0 Å². The standard InChI is InChI=1S/C14H16O3/c1-8-5-10-12(6-9(8)2)17-4-3-14(10)7-11(14)13(15)16/h5-6,11H,3-4,7H2,1-2H3,(H,15,16)/t11-,14+/m1/s1. The summed E-state index contributed by atoms with van der Waals surface area (Å²) in [5, 5.41) is 9.18. The number of carboxylic acids is 1. The molecule has 1 aromatic rings. The topological polar surface area (TPSA) is 46.5 Å². The number of hydrogen-bond acceptors (Lipinski definition) is 2. The molecule has 1 heterocycles. The SMILES string of the molecule is Cc1cc2c(cc1C)[C@]1(CCO2)C[C@@H]1C(=O)O. The second-order valence-electron chi connectivity index (χ2n) is 5.28. The van der Waals surface area contributed by atoms with Crippen LogP contribution in [0.3, 0.4) is 0 Å². The third-order valence-corrected chi connectivity index (χ3v) is 4.31. The first-order chi connectivity index (χ1) is 8.04. The van der Waals surface area contributed by atoms with Gasteiger partial charge in [0.15, 0.2) is 0 Å². The van der Waals surface area contributed by atoms with Gasteiger partial charge in [0.1, 0.15) is 5.75 Å². The Morgan fingerprint density at radius 3 is 2.76 bits per heavy atom. The first kappa shape index (κ1) is 10.6. The lowest BCUT2D eigenvalue weighted by Crippen LogP contribution is -2.24. The highest BCUT2D eigenvalue weighted by Crippen LogP contribution is 2.60. The molecule has 0 amide bonds. The largest absolute Gasteiger partial charge is 0.493 e. The van der Waals surface area contributed by atoms with E-state index in [9.17, 15) is 9.90 Å². The number of carboxylic acid groups (broad SMARTS) is 1. The van der Waals surface area contributed by atoms with Gasteiger partial charge in [-0.05, 0) is 43.9 Å². The molecule has 0 bridgehead atoms. The number of hydrogen-bond donors (Lipinski definition) is 1. The molecule has 0 saturated heterocycles. The van der Waals surface area contributed by atoms with E-state index in [2.05, 4.69) is 19.9 Å². The Hall–Kier alpha value is -1.51. The molecular formula is C14H16O3. The number of ether oxygens (including phenoxy) is 1. The van der Waals surface area contributed by atoms with Crippen LogP contribution < -0.4 is 4.74 Å². The Kier molecular flexibility index (Phi) is 2.03. The van der Waals surface area contributed by atoms with E-state index in [1.54, 1.807) is 0 Å². The molecule has 17 heavy (non-hydrogen) atoms. The van der Waals surface area contributed by atoms with Gasteiger partial charge in [-0.3, -0.25) is 4.79 Å². The highest BCUT2D eigenvalue weighted by Gasteiger charge is 2.61. The second kappa shape index (κ2) is 3.25. The lowest BCUT2D eigenvalue weighted by Gasteiger charge is -2.27. The summed E-state index contributed by atoms with van der Waals surface area (Å²) in [4.78, 5) is 11.2. The van der Waals surface area contributed by atoms with Crippen molar-refractivity contribution >= 4 is 5.97 Å². The van der Waals surface area contributed by atoms with E-state index in [-0.39, 0.29) is 11.3 Å². The number of benzene rings is 1. The monoisotopic (exact) mass is 232 g/mol. The van der Waals surface area contributed by atoms with Crippen molar-refractivity contribution in [3.05, 3.63) is 28.8 Å². The minimum Gasteiger partial charge on any atom is -0.493 e. The van der Waals surface area contributed by atoms with Gasteiger partial charge in [0.2, 0.25) is 0 Å². The maximum absolute atomic E-state index is 11.2. The van der Waals surface area contributed by atoms with Crippen LogP contribution in [-0.4, -0.2) is 17.7 Å². The first-order valence-corrected chi connectivity index (χ1v) is 6.02. The van der Waals surface area contributed by atoms with Gasteiger partial charge in [0.25, 0.3) is 0 Å². The van der Waals surface area contributed by atoms with E-state index >= 15 is 0 Å². The van der Waals surface area contributed by atoms with Gasteiger partial charge in [0.05, 0.1) is 12.5 Å². The van der Waals surface area contributed by atoms with Crippen molar-refractivity contribution in [1.29, 1.82) is 0 Å². The normalized spacial score (nSPS) is 29.6. The third-order valence-electron chi connectivity index (χ3n) is 4.31. The zero-order valence-electron chi connectivity index (χ0n) is 10.1. The molecule has 1 N–H and O–H groups in total. The predicted octanol–water partition coefficient (Wildman–Crippen LogP) is 2.43. The fourth-order valence-corrected chi connectivity index (χ4v) is 2.98. The molecule has 1 aliphatic heterocycles. The van der Waals surface area contributed by atoms with E-state index in [1.165, 1.54) is 11.1 Å². The van der Waals surface area contributed by atoms with Gasteiger partial charge < -0.3 is 9.84 Å². The van der Waals surface area contributed by atoms with Gasteiger partial charge >= 0.3 is 5.97 Å². The molecular weight excluding hydrogens is 216 g/mol. The summed E-state index contributed by atoms with van der Waals surface area (Å²) in [5.41, 5.74) is 3.38. The summed E-state index contributed by atoms with van der Waals surface area (Å²) in [6.07, 6.45) is 1.60. The van der Waals surface area contributed by atoms with Crippen LogP contribution in [0, 0.1) is 19.8 Å². The van der Waals surface area contributed by atoms with Gasteiger partial charge in [-0.15, -0.1) is 0 Å². The maximum atomic E-state index is 11.2. The van der Waals surface area contributed by atoms with Crippen LogP contribution in [0.15, 0.2) is 12.1 Å². The molecule has 90 valence electrons. The Morgan fingerprint density at radius 1 is 1.41 bits per heavy atom. The van der Waals surface area contributed by atoms with Crippen LogP contribution in [0.1, 0.15) is 29.5 Å². The second-order valence-corrected chi connectivity index (χ2v) is 5.28. The molecule has 3 nitrogen and oxygen atoms in total. The number of aliphatic carboxylic acids is 1. The highest BCUT2D eigenvalue weighted by molar-refractivity contribution is 5.78. The molecule has 1 aromatic carbocycles. The van der Waals surface area contributed by atoms with Crippen LogP contribution in [0.2, 0.25) is 0 Å². The smallest absolute Gasteiger partial charge is 0.307 e. The van der Waals surface area contributed by atoms with Crippen molar-refractivity contribution in [3.8, 4) is 5.75 Å². The number of carbonyl (C=O) groups is 1. The summed E-state index contributed by atoms with van der Waals surface area (Å²) >= 11 is 0. The van der Waals surface area contributed by atoms with Gasteiger partial charge in [-0.1, -0.05) is 6.07 Å². The van der Waals surface area contributed by atoms with Crippen molar-refractivity contribution in [2.75, 3.05) is 6.61 Å². The fraction of sp³-hybridized carbons (Fsp3) is 0.500. The van der Waals surface area contributed by atoms with E-state index in [0.29, 0.717) is 6.61 Å². The molecule has 3 rings (SSSR count). The molecule has 2 atom stereocenters. The van der Waals surface area contributed by atoms with Crippen LogP contribution in [0.25, 0.3) is 0 Å². The molecule has 1 spiro atoms. The van der Waals surface area contributed by atoms with E-state index < -0.39 is 5.97 Å². The first-order valence-electron chi connectivity index (χ1n) is 6.02. The fourth-order valence-electron chi connectivity index (χ4n) is 2.98. The summed E-state index contributed by atoms with van der Waals surface area (Å²) < 4.78 is 5.67. The summed E-state index contributed by atoms with van der Waals surface area (Å²) in [5.74, 6) is 0.00596. The van der Waals surface area contributed by atoms with Crippen molar-refractivity contribution in [3.63, 3.8) is 0 Å². The summed E-state index contributed by atoms with van der Waals surface area (Å²) in [6.45, 7) is 4.76. The Morgan fingerprint density at radius 2 is 2.12 bits per heavy atom. The van der Waals surface area contributed by atoms with Crippen LogP contribution in [0.5, 0.6) is 5.75 Å². The molecule has 1 saturated carbocycles. The third kappa shape index (κ3) is 1.38. The minimum absolute atomic E-state index is 0.141. The molecule has 3 heteroatoms. The van der Waals surface area contributed by atoms with Crippen LogP contribution in [-0.2, 0) is 10.2 Å². The molecule has 0 radical (unpaired) electrons. The van der Waals surface area contributed by atoms with E-state index in [1.807, 2.05) is 6.07 Å². The Bertz CT molecular complexity index is 506. The molecule has 0 aromatic heterocycles. The maximum Gasteiger partial charge on any atom is 0.307 e. The quantitative estimate of drug-likeness (QED) is 0.808. The molecule has 0 unspecified atom stereocenters. The number of aryl methyl sites for hydroxylation is 2. The lowest BCUT2D eigenvalue weighted by molar-refractivity contribution is -0.139. The van der Waals surface area contributed by atoms with Gasteiger partial charge in [-0.2, -0.15) is 0 Å². The lowest BCUT2D eigenvalue weighted by atomic mass is 9.85. The summed E-state index contributed by atoms with van der Waals surface area (Å²) in [6, 6.07) is 4.16. The average Bonchev–Trinajstić information content (AvgIpc) is 2.97. The van der Waals surface area contributed by atoms with Crippen molar-refractivity contribution < 1.29 is 14.6 Å². The molecule has 1 fully saturated rings. The number of rotatable bonds is 1. The average molecular weight is 232 g/mol. The minimum atomic E-state index is -0.670. The highest BCUT2D eigenvalue weighted by atomic mass is 16.5. The zero-order chi connectivity index (χ0) is 12.2. The van der Waals surface area contributed by atoms with Gasteiger partial charge in [0, 0.05) is 11.0 Å². The molecule has 2 aliphatic rings. The predicted molar refractivity (Wildman–Crippen MR) is 63.4 cm³/mol. The zero-order valence-corrected chi connectivity index (χ0v) is 10.1.